The lowest BCUT2D eigenvalue weighted by molar-refractivity contribution is 0.207. The molecule has 88 valence electrons. The summed E-state index contributed by atoms with van der Waals surface area (Å²) in [4.78, 5) is 4.27. The monoisotopic (exact) mass is 214 g/mol. The fourth-order valence-electron chi connectivity index (χ4n) is 1.92. The highest BCUT2D eigenvalue weighted by Crippen LogP contribution is 2.24. The minimum Gasteiger partial charge on any atom is -0.383 e. The molecule has 0 amide bonds. The van der Waals surface area contributed by atoms with Crippen molar-refractivity contribution in [3.63, 3.8) is 0 Å². The molecule has 5 heteroatoms. The third kappa shape index (κ3) is 4.05. The van der Waals surface area contributed by atoms with Crippen molar-refractivity contribution < 1.29 is 4.74 Å². The van der Waals surface area contributed by atoms with E-state index >= 15 is 0 Å². The topological polar surface area (TPSA) is 71.7 Å². The Balaban J connectivity index is 2.35. The first-order valence-electron chi connectivity index (χ1n) is 5.54. The lowest BCUT2D eigenvalue weighted by Crippen LogP contribution is -2.47. The summed E-state index contributed by atoms with van der Waals surface area (Å²) in [6, 6.07) is 0.502. The fraction of sp³-hybridized carbons (Fsp3) is 0.900. The van der Waals surface area contributed by atoms with Gasteiger partial charge in [0.1, 0.15) is 0 Å². The van der Waals surface area contributed by atoms with Gasteiger partial charge in [0.2, 0.25) is 5.96 Å². The molecule has 0 aromatic rings. The van der Waals surface area contributed by atoms with Gasteiger partial charge in [-0.25, -0.2) is 10.8 Å². The maximum atomic E-state index is 5.39. The Morgan fingerprint density at radius 3 is 2.87 bits per heavy atom. The minimum absolute atomic E-state index is 0.502. The van der Waals surface area contributed by atoms with Gasteiger partial charge in [-0.15, -0.1) is 0 Å². The van der Waals surface area contributed by atoms with Crippen molar-refractivity contribution >= 4 is 5.96 Å². The predicted octanol–water partition coefficient (Wildman–Crippen LogP) is 0.230. The summed E-state index contributed by atoms with van der Waals surface area (Å²) in [5.41, 5.74) is 2.59. The van der Waals surface area contributed by atoms with Gasteiger partial charge in [0.15, 0.2) is 0 Å². The number of nitrogens with two attached hydrogens (primary N) is 1. The smallest absolute Gasteiger partial charge is 0.206 e. The van der Waals surface area contributed by atoms with E-state index in [1.165, 1.54) is 19.3 Å². The number of rotatable bonds is 4. The number of methoxy groups -OCH3 is 1. The Morgan fingerprint density at radius 1 is 1.53 bits per heavy atom. The molecule has 0 aromatic heterocycles. The van der Waals surface area contributed by atoms with E-state index in [-0.39, 0.29) is 0 Å². The standard InChI is InChI=1S/C10H22N4O/c1-8-4-3-5-9(8)13-10(14-11)12-6-7-15-2/h8-9H,3-7,11H2,1-2H3,(H2,12,13,14). The molecule has 1 aliphatic carbocycles. The predicted molar refractivity (Wildman–Crippen MR) is 61.4 cm³/mol. The van der Waals surface area contributed by atoms with E-state index in [0.717, 1.165) is 0 Å². The number of hydrogen-bond acceptors (Lipinski definition) is 3. The van der Waals surface area contributed by atoms with Gasteiger partial charge in [-0.1, -0.05) is 13.3 Å². The van der Waals surface area contributed by atoms with Crippen LogP contribution in [-0.4, -0.2) is 32.3 Å². The quantitative estimate of drug-likeness (QED) is 0.206. The highest BCUT2D eigenvalue weighted by Gasteiger charge is 2.23. The molecule has 0 aromatic carbocycles. The Hall–Kier alpha value is -0.810. The van der Waals surface area contributed by atoms with Gasteiger partial charge < -0.3 is 10.1 Å². The molecule has 1 rings (SSSR count). The zero-order chi connectivity index (χ0) is 11.1. The molecule has 5 nitrogen and oxygen atoms in total. The molecule has 1 saturated carbocycles. The average molecular weight is 214 g/mol. The van der Waals surface area contributed by atoms with Gasteiger partial charge in [-0.2, -0.15) is 0 Å². The second kappa shape index (κ2) is 6.63. The lowest BCUT2D eigenvalue weighted by Gasteiger charge is -2.19. The van der Waals surface area contributed by atoms with Crippen LogP contribution in [0.5, 0.6) is 0 Å². The summed E-state index contributed by atoms with van der Waals surface area (Å²) < 4.78 is 4.92. The van der Waals surface area contributed by atoms with Crippen LogP contribution in [0.2, 0.25) is 0 Å². The first kappa shape index (κ1) is 12.3. The number of nitrogens with zero attached hydrogens (tertiary/aromatic N) is 1. The van der Waals surface area contributed by atoms with E-state index in [9.17, 15) is 0 Å². The van der Waals surface area contributed by atoms with E-state index in [2.05, 4.69) is 22.7 Å². The van der Waals surface area contributed by atoms with Crippen molar-refractivity contribution in [3.8, 4) is 0 Å². The number of ether oxygens (including phenoxy) is 1. The zero-order valence-corrected chi connectivity index (χ0v) is 9.62. The van der Waals surface area contributed by atoms with Crippen LogP contribution in [0.15, 0.2) is 4.99 Å². The molecule has 0 saturated heterocycles. The average Bonchev–Trinajstić information content (AvgIpc) is 2.63. The van der Waals surface area contributed by atoms with Crippen molar-refractivity contribution in [2.45, 2.75) is 32.2 Å². The highest BCUT2D eigenvalue weighted by atomic mass is 16.5. The lowest BCUT2D eigenvalue weighted by atomic mass is 10.1. The first-order valence-corrected chi connectivity index (χ1v) is 5.54. The molecular formula is C10H22N4O. The van der Waals surface area contributed by atoms with Gasteiger partial charge >= 0.3 is 0 Å². The number of guanidine groups is 1. The largest absolute Gasteiger partial charge is 0.383 e. The van der Waals surface area contributed by atoms with Crippen molar-refractivity contribution in [1.29, 1.82) is 0 Å². The van der Waals surface area contributed by atoms with Crippen LogP contribution in [0.25, 0.3) is 0 Å². The normalized spacial score (nSPS) is 26.7. The van der Waals surface area contributed by atoms with Gasteiger partial charge in [-0.05, 0) is 18.8 Å². The van der Waals surface area contributed by atoms with Crippen molar-refractivity contribution in [2.24, 2.45) is 16.8 Å². The van der Waals surface area contributed by atoms with Crippen molar-refractivity contribution in [1.82, 2.24) is 10.7 Å². The van der Waals surface area contributed by atoms with E-state index in [4.69, 9.17) is 10.6 Å². The Bertz CT molecular complexity index is 208. The summed E-state index contributed by atoms with van der Waals surface area (Å²) in [6.45, 7) is 3.51. The number of nitrogens with one attached hydrogen (secondary N) is 2. The van der Waals surface area contributed by atoms with Gasteiger partial charge in [0.05, 0.1) is 13.2 Å². The zero-order valence-electron chi connectivity index (χ0n) is 9.62. The second-order valence-electron chi connectivity index (χ2n) is 4.03. The van der Waals surface area contributed by atoms with E-state index in [1.54, 1.807) is 7.11 Å². The summed E-state index contributed by atoms with van der Waals surface area (Å²) in [5.74, 6) is 6.77. The molecule has 15 heavy (non-hydrogen) atoms. The number of hydrazine groups is 1. The van der Waals surface area contributed by atoms with Crippen molar-refractivity contribution in [3.05, 3.63) is 0 Å². The molecule has 0 aliphatic heterocycles. The molecule has 0 spiro atoms. The van der Waals surface area contributed by atoms with Crippen LogP contribution in [-0.2, 0) is 4.74 Å². The van der Waals surface area contributed by atoms with Gasteiger partial charge in [0, 0.05) is 13.2 Å². The van der Waals surface area contributed by atoms with Crippen LogP contribution in [0.4, 0.5) is 0 Å². The third-order valence-corrected chi connectivity index (χ3v) is 2.89. The molecule has 1 aliphatic rings. The van der Waals surface area contributed by atoms with Crippen LogP contribution in [0, 0.1) is 5.92 Å². The summed E-state index contributed by atoms with van der Waals surface area (Å²) in [5, 5.41) is 3.33. The Morgan fingerprint density at radius 2 is 2.33 bits per heavy atom. The number of hydrogen-bond donors (Lipinski definition) is 3. The molecule has 4 N–H and O–H groups in total. The Labute approximate surface area is 91.4 Å². The molecule has 2 atom stereocenters. The van der Waals surface area contributed by atoms with Crippen LogP contribution < -0.4 is 16.6 Å². The van der Waals surface area contributed by atoms with Crippen LogP contribution >= 0.6 is 0 Å². The van der Waals surface area contributed by atoms with E-state index in [1.807, 2.05) is 0 Å². The summed E-state index contributed by atoms with van der Waals surface area (Å²) in [6.07, 6.45) is 3.77. The maximum absolute atomic E-state index is 5.39. The molecule has 0 bridgehead atoms. The van der Waals surface area contributed by atoms with Crippen LogP contribution in [0.1, 0.15) is 26.2 Å². The van der Waals surface area contributed by atoms with Gasteiger partial charge in [-0.3, -0.25) is 5.43 Å². The second-order valence-corrected chi connectivity index (χ2v) is 4.03. The van der Waals surface area contributed by atoms with E-state index in [0.29, 0.717) is 31.1 Å². The highest BCUT2D eigenvalue weighted by molar-refractivity contribution is 5.79. The van der Waals surface area contributed by atoms with Gasteiger partial charge in [0.25, 0.3) is 0 Å². The van der Waals surface area contributed by atoms with Crippen molar-refractivity contribution in [2.75, 3.05) is 20.3 Å². The fourth-order valence-corrected chi connectivity index (χ4v) is 1.92. The third-order valence-electron chi connectivity index (χ3n) is 2.89. The molecule has 0 heterocycles. The SMILES string of the molecule is COCCN=C(NN)NC1CCCC1C. The summed E-state index contributed by atoms with van der Waals surface area (Å²) >= 11 is 0. The maximum Gasteiger partial charge on any atom is 0.206 e. The Kier molecular flexibility index (Phi) is 5.42. The van der Waals surface area contributed by atoms with E-state index < -0.39 is 0 Å². The molecule has 0 radical (unpaired) electrons. The van der Waals surface area contributed by atoms with Crippen LogP contribution in [0.3, 0.4) is 0 Å². The number of aliphatic imine (C=N–C) groups is 1. The molecular weight excluding hydrogens is 192 g/mol. The first-order chi connectivity index (χ1) is 7.27. The summed E-state index contributed by atoms with van der Waals surface area (Å²) in [7, 11) is 1.66. The molecule has 1 fully saturated rings. The minimum atomic E-state index is 0.502. The molecule has 2 unspecified atom stereocenters.